The minimum absolute atomic E-state index is 0.623. The van der Waals surface area contributed by atoms with Crippen LogP contribution in [0.3, 0.4) is 0 Å². The van der Waals surface area contributed by atoms with Crippen LogP contribution >= 0.6 is 0 Å². The lowest BCUT2D eigenvalue weighted by Gasteiger charge is -2.17. The molecule has 0 aliphatic carbocycles. The van der Waals surface area contributed by atoms with Gasteiger partial charge in [0.2, 0.25) is 0 Å². The third-order valence-electron chi connectivity index (χ3n) is 3.17. The Hall–Kier alpha value is -1.11. The van der Waals surface area contributed by atoms with Gasteiger partial charge in [-0.25, -0.2) is 0 Å². The smallest absolute Gasteiger partial charge is 0.0302 e. The fraction of sp³-hybridized carbons (Fsp3) is 0.588. The van der Waals surface area contributed by atoms with Crippen LogP contribution in [0.25, 0.3) is 0 Å². The van der Waals surface area contributed by atoms with Gasteiger partial charge >= 0.3 is 0 Å². The summed E-state index contributed by atoms with van der Waals surface area (Å²) in [7, 11) is 0. The van der Waals surface area contributed by atoms with Crippen LogP contribution in [0.15, 0.2) is 42.1 Å². The van der Waals surface area contributed by atoms with E-state index in [-0.39, 0.29) is 0 Å². The van der Waals surface area contributed by atoms with Crippen molar-refractivity contribution in [3.05, 3.63) is 37.1 Å². The molecule has 0 radical (unpaired) electrons. The van der Waals surface area contributed by atoms with E-state index in [4.69, 9.17) is 0 Å². The van der Waals surface area contributed by atoms with Crippen molar-refractivity contribution in [3.63, 3.8) is 0 Å². The Labute approximate surface area is 113 Å². The first-order valence-electron chi connectivity index (χ1n) is 7.26. The molecule has 1 atom stereocenters. The zero-order chi connectivity index (χ0) is 13.6. The molecule has 0 aromatic rings. The fourth-order valence-electron chi connectivity index (χ4n) is 2.13. The predicted molar refractivity (Wildman–Crippen MR) is 84.1 cm³/mol. The first-order valence-corrected chi connectivity index (χ1v) is 7.26. The maximum absolute atomic E-state index is 4.17. The average Bonchev–Trinajstić information content (AvgIpc) is 2.39. The Morgan fingerprint density at radius 2 is 1.72 bits per heavy atom. The van der Waals surface area contributed by atoms with Crippen molar-refractivity contribution in [3.8, 4) is 0 Å². The Balaban J connectivity index is 4.62. The van der Waals surface area contributed by atoms with Gasteiger partial charge in [-0.1, -0.05) is 71.3 Å². The lowest BCUT2D eigenvalue weighted by atomic mass is 9.88. The van der Waals surface area contributed by atoms with E-state index in [9.17, 15) is 0 Å². The van der Waals surface area contributed by atoms with Gasteiger partial charge in [0.05, 0.1) is 0 Å². The van der Waals surface area contributed by atoms with Crippen molar-refractivity contribution in [2.24, 2.45) is 10.9 Å². The molecule has 0 aromatic heterocycles. The van der Waals surface area contributed by atoms with Crippen LogP contribution in [0.2, 0.25) is 0 Å². The van der Waals surface area contributed by atoms with Crippen LogP contribution in [0.5, 0.6) is 0 Å². The zero-order valence-electron chi connectivity index (χ0n) is 12.2. The fourth-order valence-corrected chi connectivity index (χ4v) is 2.13. The van der Waals surface area contributed by atoms with Crippen molar-refractivity contribution in [1.82, 2.24) is 0 Å². The highest BCUT2D eigenvalue weighted by Gasteiger charge is 2.11. The second-order valence-corrected chi connectivity index (χ2v) is 4.70. The molecule has 102 valence electrons. The zero-order valence-corrected chi connectivity index (χ0v) is 12.2. The van der Waals surface area contributed by atoms with Crippen molar-refractivity contribution < 1.29 is 0 Å². The largest absolute Gasteiger partial charge is 0.265 e. The molecule has 0 saturated carbocycles. The van der Waals surface area contributed by atoms with Crippen LogP contribution in [0, 0.1) is 5.92 Å². The lowest BCUT2D eigenvalue weighted by molar-refractivity contribution is 0.480. The number of unbranched alkanes of at least 4 members (excludes halogenated alkanes) is 3. The van der Waals surface area contributed by atoms with Gasteiger partial charge in [0.15, 0.2) is 0 Å². The molecule has 0 rings (SSSR count). The highest BCUT2D eigenvalue weighted by atomic mass is 14.7. The number of aliphatic imine (C=N–C) groups is 1. The summed E-state index contributed by atoms with van der Waals surface area (Å²) in [5, 5.41) is 0. The third kappa shape index (κ3) is 8.05. The highest BCUT2D eigenvalue weighted by Crippen LogP contribution is 2.24. The standard InChI is InChI=1S/C17H29N/c1-5-9-11-14-16(13-10-6-2)17(12-7-3)15-18-8-4/h7-8,12,15-16H,3-6,9-11,13-14H2,1-2H3/b17-12+,18-15?. The molecule has 0 amide bonds. The predicted octanol–water partition coefficient (Wildman–Crippen LogP) is 5.70. The minimum Gasteiger partial charge on any atom is -0.265 e. The molecule has 0 heterocycles. The molecule has 0 bridgehead atoms. The van der Waals surface area contributed by atoms with Crippen LogP contribution in [-0.4, -0.2) is 6.21 Å². The number of hydrogen-bond acceptors (Lipinski definition) is 1. The van der Waals surface area contributed by atoms with E-state index in [0.717, 1.165) is 0 Å². The number of hydrogen-bond donors (Lipinski definition) is 0. The maximum Gasteiger partial charge on any atom is 0.0302 e. The van der Waals surface area contributed by atoms with Crippen LogP contribution in [0.1, 0.15) is 58.8 Å². The number of rotatable bonds is 11. The van der Waals surface area contributed by atoms with Gasteiger partial charge in [-0.2, -0.15) is 0 Å². The van der Waals surface area contributed by atoms with E-state index in [1.807, 2.05) is 12.3 Å². The molecule has 0 N–H and O–H groups in total. The molecule has 1 unspecified atom stereocenters. The normalized spacial score (nSPS) is 13.8. The van der Waals surface area contributed by atoms with Gasteiger partial charge in [-0.3, -0.25) is 4.99 Å². The van der Waals surface area contributed by atoms with Crippen molar-refractivity contribution in [2.45, 2.75) is 58.8 Å². The number of allylic oxidation sites excluding steroid dienone is 3. The third-order valence-corrected chi connectivity index (χ3v) is 3.17. The van der Waals surface area contributed by atoms with E-state index >= 15 is 0 Å². The summed E-state index contributed by atoms with van der Waals surface area (Å²) in [5.41, 5.74) is 1.30. The van der Waals surface area contributed by atoms with Crippen molar-refractivity contribution in [1.29, 1.82) is 0 Å². The van der Waals surface area contributed by atoms with E-state index in [1.54, 1.807) is 6.20 Å². The Kier molecular flexibility index (Phi) is 11.6. The first-order chi connectivity index (χ1) is 8.79. The van der Waals surface area contributed by atoms with E-state index < -0.39 is 0 Å². The summed E-state index contributed by atoms with van der Waals surface area (Å²) in [4.78, 5) is 4.17. The molecule has 0 fully saturated rings. The molecule has 0 aromatic carbocycles. The van der Waals surface area contributed by atoms with Gasteiger partial charge in [-0.05, 0) is 24.3 Å². The van der Waals surface area contributed by atoms with Crippen LogP contribution in [0.4, 0.5) is 0 Å². The minimum atomic E-state index is 0.623. The lowest BCUT2D eigenvalue weighted by Crippen LogP contribution is -2.06. The van der Waals surface area contributed by atoms with E-state index in [1.165, 1.54) is 50.5 Å². The van der Waals surface area contributed by atoms with E-state index in [0.29, 0.717) is 5.92 Å². The second-order valence-electron chi connectivity index (χ2n) is 4.70. The molecule has 0 spiro atoms. The number of nitrogens with zero attached hydrogens (tertiary/aromatic N) is 1. The molecule has 0 aliphatic heterocycles. The summed E-state index contributed by atoms with van der Waals surface area (Å²) in [6.07, 6.45) is 16.5. The summed E-state index contributed by atoms with van der Waals surface area (Å²) in [6.45, 7) is 11.9. The molecular weight excluding hydrogens is 218 g/mol. The Morgan fingerprint density at radius 3 is 2.28 bits per heavy atom. The second kappa shape index (κ2) is 12.3. The van der Waals surface area contributed by atoms with Gasteiger partial charge in [0.25, 0.3) is 0 Å². The first kappa shape index (κ1) is 16.9. The topological polar surface area (TPSA) is 12.4 Å². The van der Waals surface area contributed by atoms with Gasteiger partial charge in [-0.15, -0.1) is 0 Å². The Bertz CT molecular complexity index is 273. The Morgan fingerprint density at radius 1 is 1.06 bits per heavy atom. The SMILES string of the molecule is C=C/C=C(\C=NC=C)C(CCCC)CCCCC. The van der Waals surface area contributed by atoms with Crippen molar-refractivity contribution in [2.75, 3.05) is 0 Å². The molecule has 18 heavy (non-hydrogen) atoms. The molecule has 0 saturated heterocycles. The summed E-state index contributed by atoms with van der Waals surface area (Å²) < 4.78 is 0. The monoisotopic (exact) mass is 247 g/mol. The summed E-state index contributed by atoms with van der Waals surface area (Å²) >= 11 is 0. The highest BCUT2D eigenvalue weighted by molar-refractivity contribution is 5.80. The summed E-state index contributed by atoms with van der Waals surface area (Å²) in [5.74, 6) is 0.623. The van der Waals surface area contributed by atoms with Crippen LogP contribution in [-0.2, 0) is 0 Å². The average molecular weight is 247 g/mol. The maximum atomic E-state index is 4.17. The molecule has 1 nitrogen and oxygen atoms in total. The molecule has 1 heteroatoms. The quantitative estimate of drug-likeness (QED) is 0.252. The summed E-state index contributed by atoms with van der Waals surface area (Å²) in [6, 6.07) is 0. The van der Waals surface area contributed by atoms with Gasteiger partial charge in [0.1, 0.15) is 0 Å². The van der Waals surface area contributed by atoms with Crippen LogP contribution < -0.4 is 0 Å². The molecular formula is C17H29N. The van der Waals surface area contributed by atoms with Gasteiger partial charge < -0.3 is 0 Å². The van der Waals surface area contributed by atoms with E-state index in [2.05, 4.69) is 38.1 Å². The van der Waals surface area contributed by atoms with Crippen molar-refractivity contribution >= 4 is 6.21 Å². The molecule has 0 aliphatic rings. The van der Waals surface area contributed by atoms with Gasteiger partial charge in [0, 0.05) is 12.4 Å².